The van der Waals surface area contributed by atoms with E-state index in [0.717, 1.165) is 19.3 Å². The monoisotopic (exact) mass is 301 g/mol. The number of unbranched alkanes of at least 4 members (excludes halogenated alkanes) is 5. The lowest BCUT2D eigenvalue weighted by Crippen LogP contribution is -2.65. The normalized spacial score (nSPS) is 35.7. The highest BCUT2D eigenvalue weighted by molar-refractivity contribution is 5.71. The second-order valence-electron chi connectivity index (χ2n) is 6.15. The van der Waals surface area contributed by atoms with Crippen LogP contribution >= 0.6 is 0 Å². The van der Waals surface area contributed by atoms with Crippen molar-refractivity contribution in [2.24, 2.45) is 0 Å². The predicted octanol–water partition coefficient (Wildman–Crippen LogP) is 1.02. The third-order valence-corrected chi connectivity index (χ3v) is 4.64. The molecule has 0 aliphatic carbocycles. The Morgan fingerprint density at radius 3 is 2.43 bits per heavy atom. The second kappa shape index (κ2) is 7.42. The molecule has 0 aromatic rings. The summed E-state index contributed by atoms with van der Waals surface area (Å²) >= 11 is 0. The largest absolute Gasteiger partial charge is 0.447 e. The van der Waals surface area contributed by atoms with Crippen molar-refractivity contribution in [3.05, 3.63) is 0 Å². The van der Waals surface area contributed by atoms with Gasteiger partial charge in [-0.1, -0.05) is 45.4 Å². The van der Waals surface area contributed by atoms with Gasteiger partial charge in [-0.15, -0.1) is 0 Å². The van der Waals surface area contributed by atoms with E-state index in [2.05, 4.69) is 6.92 Å². The summed E-state index contributed by atoms with van der Waals surface area (Å²) in [4.78, 5) is 13.2. The lowest BCUT2D eigenvalue weighted by molar-refractivity contribution is -0.143. The van der Waals surface area contributed by atoms with Gasteiger partial charge in [0.1, 0.15) is 24.9 Å². The van der Waals surface area contributed by atoms with Crippen LogP contribution in [0.25, 0.3) is 0 Å². The van der Waals surface area contributed by atoms with Crippen molar-refractivity contribution in [2.45, 2.75) is 82.3 Å². The fourth-order valence-corrected chi connectivity index (χ4v) is 3.36. The van der Waals surface area contributed by atoms with Crippen LogP contribution in [0, 0.1) is 0 Å². The Kier molecular flexibility index (Phi) is 5.84. The van der Waals surface area contributed by atoms with E-state index in [9.17, 15) is 20.1 Å². The molecule has 0 bridgehead atoms. The van der Waals surface area contributed by atoms with E-state index in [1.165, 1.54) is 24.2 Å². The summed E-state index contributed by atoms with van der Waals surface area (Å²) in [6, 6.07) is -1.00. The molecule has 2 aliphatic rings. The molecular formula is C15H27NO5. The summed E-state index contributed by atoms with van der Waals surface area (Å²) in [5, 5.41) is 30.0. The van der Waals surface area contributed by atoms with Crippen molar-refractivity contribution in [1.29, 1.82) is 0 Å². The molecule has 3 N–H and O–H groups in total. The number of amides is 1. The fourth-order valence-electron chi connectivity index (χ4n) is 3.36. The Hall–Kier alpha value is -0.850. The third-order valence-electron chi connectivity index (χ3n) is 4.64. The molecular weight excluding hydrogens is 274 g/mol. The molecule has 0 unspecified atom stereocenters. The number of ether oxygens (including phenoxy) is 1. The van der Waals surface area contributed by atoms with Crippen LogP contribution in [0.5, 0.6) is 0 Å². The van der Waals surface area contributed by atoms with Gasteiger partial charge in [0.05, 0.1) is 12.1 Å². The van der Waals surface area contributed by atoms with Gasteiger partial charge in [-0.25, -0.2) is 4.79 Å². The molecule has 2 aliphatic heterocycles. The molecule has 6 nitrogen and oxygen atoms in total. The minimum absolute atomic E-state index is 0.0801. The zero-order valence-electron chi connectivity index (χ0n) is 12.6. The summed E-state index contributed by atoms with van der Waals surface area (Å²) < 4.78 is 4.96. The number of nitrogens with zero attached hydrogens (tertiary/aromatic N) is 1. The van der Waals surface area contributed by atoms with E-state index in [1.54, 1.807) is 0 Å². The van der Waals surface area contributed by atoms with Crippen LogP contribution in [0.4, 0.5) is 4.79 Å². The first-order valence-corrected chi connectivity index (χ1v) is 8.07. The maximum atomic E-state index is 11.8. The van der Waals surface area contributed by atoms with Gasteiger partial charge < -0.3 is 20.1 Å². The number of cyclic esters (lactones) is 1. The van der Waals surface area contributed by atoms with Crippen LogP contribution in [-0.4, -0.2) is 63.3 Å². The molecule has 0 aromatic heterocycles. The fraction of sp³-hybridized carbons (Fsp3) is 0.933. The molecule has 2 saturated heterocycles. The minimum atomic E-state index is -1.22. The van der Waals surface area contributed by atoms with E-state index in [4.69, 9.17) is 4.74 Å². The van der Waals surface area contributed by atoms with Gasteiger partial charge in [0, 0.05) is 0 Å². The number of hydrogen-bond donors (Lipinski definition) is 3. The molecule has 2 fully saturated rings. The third kappa shape index (κ3) is 3.49. The van der Waals surface area contributed by atoms with Crippen LogP contribution in [0.1, 0.15) is 51.9 Å². The number of fused-ring (bicyclic) bond motifs is 1. The molecule has 0 saturated carbocycles. The molecule has 2 heterocycles. The maximum absolute atomic E-state index is 11.8. The van der Waals surface area contributed by atoms with E-state index in [-0.39, 0.29) is 6.61 Å². The molecule has 2 rings (SSSR count). The van der Waals surface area contributed by atoms with Gasteiger partial charge in [-0.3, -0.25) is 4.90 Å². The SMILES string of the molecule is CCCCCCCC[C@@H]1[C@H](O)[C@@H](O)[C@H](O)[C@H]2COC(=O)N12. The van der Waals surface area contributed by atoms with Crippen LogP contribution in [-0.2, 0) is 4.74 Å². The van der Waals surface area contributed by atoms with Gasteiger partial charge in [-0.05, 0) is 6.42 Å². The van der Waals surface area contributed by atoms with Crippen molar-refractivity contribution in [3.8, 4) is 0 Å². The first-order chi connectivity index (χ1) is 10.1. The Morgan fingerprint density at radius 2 is 1.71 bits per heavy atom. The first kappa shape index (κ1) is 16.5. The lowest BCUT2D eigenvalue weighted by atomic mass is 9.86. The van der Waals surface area contributed by atoms with Crippen LogP contribution in [0.3, 0.4) is 0 Å². The van der Waals surface area contributed by atoms with E-state index < -0.39 is 36.5 Å². The van der Waals surface area contributed by atoms with Crippen molar-refractivity contribution in [2.75, 3.05) is 6.61 Å². The molecule has 21 heavy (non-hydrogen) atoms. The Bertz CT molecular complexity index is 351. The number of carbonyl (C=O) groups excluding carboxylic acids is 1. The number of piperidine rings is 1. The summed E-state index contributed by atoms with van der Waals surface area (Å²) in [6.07, 6.45) is 3.39. The van der Waals surface area contributed by atoms with Crippen molar-refractivity contribution >= 4 is 6.09 Å². The van der Waals surface area contributed by atoms with Gasteiger partial charge in [0.15, 0.2) is 0 Å². The Morgan fingerprint density at radius 1 is 1.05 bits per heavy atom. The number of aliphatic hydroxyl groups is 3. The summed E-state index contributed by atoms with van der Waals surface area (Å²) in [7, 11) is 0. The molecule has 0 radical (unpaired) electrons. The second-order valence-corrected chi connectivity index (χ2v) is 6.15. The highest BCUT2D eigenvalue weighted by Crippen LogP contribution is 2.32. The average Bonchev–Trinajstić information content (AvgIpc) is 2.85. The zero-order valence-corrected chi connectivity index (χ0v) is 12.6. The van der Waals surface area contributed by atoms with E-state index >= 15 is 0 Å². The van der Waals surface area contributed by atoms with Gasteiger partial charge in [0.2, 0.25) is 0 Å². The smallest absolute Gasteiger partial charge is 0.410 e. The van der Waals surface area contributed by atoms with Crippen LogP contribution < -0.4 is 0 Å². The average molecular weight is 301 g/mol. The highest BCUT2D eigenvalue weighted by Gasteiger charge is 2.53. The topological polar surface area (TPSA) is 90.2 Å². The quantitative estimate of drug-likeness (QED) is 0.611. The summed E-state index contributed by atoms with van der Waals surface area (Å²) in [6.45, 7) is 2.25. The molecule has 6 heteroatoms. The van der Waals surface area contributed by atoms with Crippen LogP contribution in [0.2, 0.25) is 0 Å². The number of aliphatic hydroxyl groups excluding tert-OH is 3. The van der Waals surface area contributed by atoms with Gasteiger partial charge in [0.25, 0.3) is 0 Å². The van der Waals surface area contributed by atoms with Crippen LogP contribution in [0.15, 0.2) is 0 Å². The number of hydrogen-bond acceptors (Lipinski definition) is 5. The van der Waals surface area contributed by atoms with Crippen molar-refractivity contribution in [1.82, 2.24) is 4.90 Å². The molecule has 1 amide bonds. The molecule has 0 spiro atoms. The Balaban J connectivity index is 1.88. The van der Waals surface area contributed by atoms with E-state index in [0.29, 0.717) is 6.42 Å². The number of rotatable bonds is 7. The number of carbonyl (C=O) groups is 1. The first-order valence-electron chi connectivity index (χ1n) is 8.07. The Labute approximate surface area is 125 Å². The molecule has 5 atom stereocenters. The standard InChI is InChI=1S/C15H27NO5/c1-2-3-4-5-6-7-8-10-12(17)14(19)13(18)11-9-21-15(20)16(10)11/h10-14,17-19H,2-9H2,1H3/t10-,11-,12+,13-,14-/m1/s1. The van der Waals surface area contributed by atoms with Crippen molar-refractivity contribution < 1.29 is 24.9 Å². The molecule has 122 valence electrons. The molecule has 0 aromatic carbocycles. The minimum Gasteiger partial charge on any atom is -0.447 e. The van der Waals surface area contributed by atoms with Crippen molar-refractivity contribution in [3.63, 3.8) is 0 Å². The summed E-state index contributed by atoms with van der Waals surface area (Å²) in [5.41, 5.74) is 0. The zero-order chi connectivity index (χ0) is 15.4. The lowest BCUT2D eigenvalue weighted by Gasteiger charge is -2.44. The summed E-state index contributed by atoms with van der Waals surface area (Å²) in [5.74, 6) is 0. The predicted molar refractivity (Wildman–Crippen MR) is 76.8 cm³/mol. The highest BCUT2D eigenvalue weighted by atomic mass is 16.6. The van der Waals surface area contributed by atoms with Gasteiger partial charge in [-0.2, -0.15) is 0 Å². The van der Waals surface area contributed by atoms with Gasteiger partial charge >= 0.3 is 6.09 Å². The van der Waals surface area contributed by atoms with E-state index in [1.807, 2.05) is 0 Å². The maximum Gasteiger partial charge on any atom is 0.410 e.